The largest absolute Gasteiger partial charge is 0.497 e. The highest BCUT2D eigenvalue weighted by Crippen LogP contribution is 2.18. The topological polar surface area (TPSA) is 99.2 Å². The molecule has 1 heterocycles. The number of ketones is 1. The van der Waals surface area contributed by atoms with Gasteiger partial charge in [0.2, 0.25) is 10.0 Å². The molecule has 2 aromatic carbocycles. The van der Waals surface area contributed by atoms with Crippen LogP contribution in [0.5, 0.6) is 5.75 Å². The van der Waals surface area contributed by atoms with Crippen molar-refractivity contribution < 1.29 is 32.2 Å². The first kappa shape index (κ1) is 22.7. The Labute approximate surface area is 181 Å². The van der Waals surface area contributed by atoms with E-state index in [2.05, 4.69) is 0 Å². The van der Waals surface area contributed by atoms with E-state index in [-0.39, 0.29) is 17.3 Å². The van der Waals surface area contributed by atoms with Gasteiger partial charge in [-0.3, -0.25) is 4.79 Å². The Hall–Kier alpha value is -3.01. The van der Waals surface area contributed by atoms with E-state index < -0.39 is 16.0 Å². The molecule has 9 heteroatoms. The summed E-state index contributed by atoms with van der Waals surface area (Å²) in [4.78, 5) is 24.1. The molecule has 1 aliphatic heterocycles. The van der Waals surface area contributed by atoms with Gasteiger partial charge in [0.15, 0.2) is 12.4 Å². The fourth-order valence-electron chi connectivity index (χ4n) is 2.90. The summed E-state index contributed by atoms with van der Waals surface area (Å²) in [6, 6.07) is 12.7. The van der Waals surface area contributed by atoms with Crippen molar-refractivity contribution in [3.63, 3.8) is 0 Å². The molecule has 1 saturated heterocycles. The molecular formula is C22H23NO7S. The van der Waals surface area contributed by atoms with Gasteiger partial charge in [-0.15, -0.1) is 0 Å². The van der Waals surface area contributed by atoms with Gasteiger partial charge in [0, 0.05) is 24.7 Å². The Bertz CT molecular complexity index is 1040. The molecule has 0 unspecified atom stereocenters. The summed E-state index contributed by atoms with van der Waals surface area (Å²) in [5, 5.41) is 0. The highest BCUT2D eigenvalue weighted by atomic mass is 32.2. The average molecular weight is 445 g/mol. The Kier molecular flexibility index (Phi) is 7.56. The van der Waals surface area contributed by atoms with Gasteiger partial charge in [-0.2, -0.15) is 4.31 Å². The lowest BCUT2D eigenvalue weighted by atomic mass is 10.1. The molecular weight excluding hydrogens is 422 g/mol. The fourth-order valence-corrected chi connectivity index (χ4v) is 4.30. The number of carbonyl (C=O) groups excluding carboxylic acids is 2. The minimum Gasteiger partial charge on any atom is -0.497 e. The van der Waals surface area contributed by atoms with E-state index in [1.807, 2.05) is 0 Å². The zero-order valence-corrected chi connectivity index (χ0v) is 17.8. The van der Waals surface area contributed by atoms with Crippen molar-refractivity contribution in [2.75, 3.05) is 40.0 Å². The third-order valence-corrected chi connectivity index (χ3v) is 6.57. The van der Waals surface area contributed by atoms with Gasteiger partial charge < -0.3 is 14.2 Å². The Morgan fingerprint density at radius 1 is 1.03 bits per heavy atom. The average Bonchev–Trinajstić information content (AvgIpc) is 2.82. The van der Waals surface area contributed by atoms with Crippen LogP contribution in [0, 0.1) is 0 Å². The number of Topliss-reactive ketones (excluding diaryl/α,β-unsaturated/α-hetero) is 1. The summed E-state index contributed by atoms with van der Waals surface area (Å²) < 4.78 is 41.8. The molecule has 0 N–H and O–H groups in total. The number of carbonyl (C=O) groups is 2. The number of esters is 1. The van der Waals surface area contributed by atoms with Crippen LogP contribution < -0.4 is 4.74 Å². The zero-order valence-electron chi connectivity index (χ0n) is 17.0. The van der Waals surface area contributed by atoms with E-state index in [4.69, 9.17) is 14.2 Å². The van der Waals surface area contributed by atoms with Gasteiger partial charge in [0.05, 0.1) is 25.2 Å². The van der Waals surface area contributed by atoms with Crippen molar-refractivity contribution in [1.29, 1.82) is 0 Å². The quantitative estimate of drug-likeness (QED) is 0.349. The number of hydrogen-bond acceptors (Lipinski definition) is 7. The third-order valence-electron chi connectivity index (χ3n) is 4.66. The molecule has 0 amide bonds. The maximum atomic E-state index is 12.6. The molecule has 0 bridgehead atoms. The number of hydrogen-bond donors (Lipinski definition) is 0. The van der Waals surface area contributed by atoms with Crippen molar-refractivity contribution in [3.8, 4) is 5.75 Å². The highest BCUT2D eigenvalue weighted by Gasteiger charge is 2.25. The number of benzene rings is 2. The van der Waals surface area contributed by atoms with E-state index in [1.54, 1.807) is 36.4 Å². The van der Waals surface area contributed by atoms with E-state index >= 15 is 0 Å². The van der Waals surface area contributed by atoms with Crippen molar-refractivity contribution in [1.82, 2.24) is 4.31 Å². The van der Waals surface area contributed by atoms with Crippen molar-refractivity contribution in [3.05, 3.63) is 65.7 Å². The molecule has 0 aromatic heterocycles. The molecule has 8 nitrogen and oxygen atoms in total. The van der Waals surface area contributed by atoms with E-state index in [9.17, 15) is 18.0 Å². The molecule has 31 heavy (non-hydrogen) atoms. The van der Waals surface area contributed by atoms with Crippen LogP contribution in [0.2, 0.25) is 0 Å². The minimum absolute atomic E-state index is 0.180. The van der Waals surface area contributed by atoms with Gasteiger partial charge in [0.25, 0.3) is 0 Å². The van der Waals surface area contributed by atoms with Crippen LogP contribution in [0.3, 0.4) is 0 Å². The number of nitrogens with zero attached hydrogens (tertiary/aromatic N) is 1. The summed E-state index contributed by atoms with van der Waals surface area (Å²) in [6.07, 6.45) is 2.68. The molecule has 3 rings (SSSR count). The summed E-state index contributed by atoms with van der Waals surface area (Å²) in [5.74, 6) is -0.380. The second-order valence-corrected chi connectivity index (χ2v) is 8.62. The second kappa shape index (κ2) is 10.3. The zero-order chi connectivity index (χ0) is 22.3. The smallest absolute Gasteiger partial charge is 0.331 e. The van der Waals surface area contributed by atoms with Crippen molar-refractivity contribution in [2.24, 2.45) is 0 Å². The standard InChI is InChI=1S/C22H23NO7S/c1-28-19-7-5-18(6-8-19)21(24)16-30-22(25)11-4-17-2-9-20(10-3-17)31(26,27)23-12-14-29-15-13-23/h2-11H,12-16H2,1H3/b11-4+. The minimum atomic E-state index is -3.57. The van der Waals surface area contributed by atoms with Crippen LogP contribution in [0.15, 0.2) is 59.5 Å². The summed E-state index contributed by atoms with van der Waals surface area (Å²) in [7, 11) is -2.04. The Balaban J connectivity index is 1.53. The van der Waals surface area contributed by atoms with Gasteiger partial charge in [-0.05, 0) is 48.0 Å². The van der Waals surface area contributed by atoms with Gasteiger partial charge in [0.1, 0.15) is 5.75 Å². The highest BCUT2D eigenvalue weighted by molar-refractivity contribution is 7.89. The van der Waals surface area contributed by atoms with E-state index in [0.29, 0.717) is 43.2 Å². The molecule has 0 radical (unpaired) electrons. The monoisotopic (exact) mass is 445 g/mol. The van der Waals surface area contributed by atoms with E-state index in [1.165, 1.54) is 35.7 Å². The molecule has 1 fully saturated rings. The maximum absolute atomic E-state index is 12.6. The lowest BCUT2D eigenvalue weighted by Gasteiger charge is -2.26. The Morgan fingerprint density at radius 2 is 1.68 bits per heavy atom. The molecule has 0 saturated carbocycles. The van der Waals surface area contributed by atoms with Crippen LogP contribution in [-0.2, 0) is 24.3 Å². The van der Waals surface area contributed by atoms with Crippen LogP contribution >= 0.6 is 0 Å². The number of methoxy groups -OCH3 is 1. The predicted octanol–water partition coefficient (Wildman–Crippen LogP) is 2.16. The lowest BCUT2D eigenvalue weighted by Crippen LogP contribution is -2.40. The first-order chi connectivity index (χ1) is 14.9. The van der Waals surface area contributed by atoms with Gasteiger partial charge >= 0.3 is 5.97 Å². The van der Waals surface area contributed by atoms with E-state index in [0.717, 1.165) is 0 Å². The number of ether oxygens (including phenoxy) is 3. The number of rotatable bonds is 8. The van der Waals surface area contributed by atoms with Crippen LogP contribution in [0.1, 0.15) is 15.9 Å². The fraction of sp³-hybridized carbons (Fsp3) is 0.273. The normalized spacial score (nSPS) is 15.0. The van der Waals surface area contributed by atoms with Gasteiger partial charge in [-0.1, -0.05) is 12.1 Å². The van der Waals surface area contributed by atoms with Gasteiger partial charge in [-0.25, -0.2) is 13.2 Å². The first-order valence-corrected chi connectivity index (χ1v) is 11.0. The number of sulfonamides is 1. The third kappa shape index (κ3) is 6.00. The SMILES string of the molecule is COc1ccc(C(=O)COC(=O)/C=C/c2ccc(S(=O)(=O)N3CCOCC3)cc2)cc1. The number of morpholine rings is 1. The second-order valence-electron chi connectivity index (χ2n) is 6.68. The van der Waals surface area contributed by atoms with Crippen LogP contribution in [0.25, 0.3) is 6.08 Å². The lowest BCUT2D eigenvalue weighted by molar-refractivity contribution is -0.136. The molecule has 2 aromatic rings. The molecule has 0 spiro atoms. The predicted molar refractivity (Wildman–Crippen MR) is 113 cm³/mol. The molecule has 0 aliphatic carbocycles. The molecule has 164 valence electrons. The summed E-state index contributed by atoms with van der Waals surface area (Å²) in [6.45, 7) is 1.02. The molecule has 0 atom stereocenters. The van der Waals surface area contributed by atoms with Crippen LogP contribution in [0.4, 0.5) is 0 Å². The Morgan fingerprint density at radius 3 is 2.29 bits per heavy atom. The first-order valence-electron chi connectivity index (χ1n) is 9.60. The maximum Gasteiger partial charge on any atom is 0.331 e. The van der Waals surface area contributed by atoms with Crippen LogP contribution in [-0.4, -0.2) is 64.5 Å². The molecule has 1 aliphatic rings. The summed E-state index contributed by atoms with van der Waals surface area (Å²) >= 11 is 0. The summed E-state index contributed by atoms with van der Waals surface area (Å²) in [5.41, 5.74) is 1.04. The van der Waals surface area contributed by atoms with Crippen molar-refractivity contribution in [2.45, 2.75) is 4.90 Å². The van der Waals surface area contributed by atoms with Crippen molar-refractivity contribution >= 4 is 27.9 Å².